The molecule has 1 aromatic rings. The Hall–Kier alpha value is -1.71. The van der Waals surface area contributed by atoms with Crippen molar-refractivity contribution >= 4 is 5.96 Å². The van der Waals surface area contributed by atoms with E-state index >= 15 is 0 Å². The molecule has 1 aliphatic heterocycles. The average molecular weight is 275 g/mol. The molecule has 0 radical (unpaired) electrons. The number of ether oxygens (including phenoxy) is 1. The number of fused-ring (bicyclic) bond motifs is 1. The van der Waals surface area contributed by atoms with E-state index in [4.69, 9.17) is 4.74 Å². The fourth-order valence-electron chi connectivity index (χ4n) is 2.25. The molecule has 4 nitrogen and oxygen atoms in total. The first kappa shape index (κ1) is 14.7. The molecule has 1 unspecified atom stereocenters. The molecule has 1 aromatic carbocycles. The first-order valence-corrected chi connectivity index (χ1v) is 7.44. The zero-order valence-corrected chi connectivity index (χ0v) is 12.7. The van der Waals surface area contributed by atoms with E-state index in [1.807, 2.05) is 7.05 Å². The zero-order chi connectivity index (χ0) is 14.4. The van der Waals surface area contributed by atoms with Gasteiger partial charge in [-0.2, -0.15) is 0 Å². The fourth-order valence-corrected chi connectivity index (χ4v) is 2.25. The van der Waals surface area contributed by atoms with Crippen LogP contribution in [0.3, 0.4) is 0 Å². The summed E-state index contributed by atoms with van der Waals surface area (Å²) >= 11 is 0. The van der Waals surface area contributed by atoms with Gasteiger partial charge in [-0.05, 0) is 37.0 Å². The molecule has 2 N–H and O–H groups in total. The number of nitrogens with zero attached hydrogens (tertiary/aromatic N) is 1. The standard InChI is InChI=1S/C16H25N3O/c1-4-12(2)19-16(17-3)18-9-7-13-5-6-15-14(11-13)8-10-20-15/h5-6,11-12H,4,7-10H2,1-3H3,(H2,17,18,19). The highest BCUT2D eigenvalue weighted by molar-refractivity contribution is 5.79. The summed E-state index contributed by atoms with van der Waals surface area (Å²) in [6, 6.07) is 6.94. The number of rotatable bonds is 5. The molecule has 1 aliphatic rings. The first-order valence-electron chi connectivity index (χ1n) is 7.44. The van der Waals surface area contributed by atoms with Crippen molar-refractivity contribution in [3.63, 3.8) is 0 Å². The molecule has 1 atom stereocenters. The Bertz CT molecular complexity index is 471. The minimum atomic E-state index is 0.443. The second-order valence-corrected chi connectivity index (χ2v) is 5.24. The van der Waals surface area contributed by atoms with Gasteiger partial charge in [0.05, 0.1) is 6.61 Å². The van der Waals surface area contributed by atoms with E-state index in [-0.39, 0.29) is 0 Å². The third kappa shape index (κ3) is 3.89. The Kier molecular flexibility index (Phi) is 5.27. The Labute approximate surface area is 121 Å². The maximum atomic E-state index is 5.52. The van der Waals surface area contributed by atoms with Crippen molar-refractivity contribution in [1.29, 1.82) is 0 Å². The highest BCUT2D eigenvalue weighted by atomic mass is 16.5. The Morgan fingerprint density at radius 2 is 2.30 bits per heavy atom. The summed E-state index contributed by atoms with van der Waals surface area (Å²) in [6.45, 7) is 6.03. The molecule has 0 aromatic heterocycles. The van der Waals surface area contributed by atoms with Gasteiger partial charge in [-0.15, -0.1) is 0 Å². The van der Waals surface area contributed by atoms with E-state index in [9.17, 15) is 0 Å². The third-order valence-electron chi connectivity index (χ3n) is 3.68. The Balaban J connectivity index is 1.80. The van der Waals surface area contributed by atoms with Crippen LogP contribution in [0.1, 0.15) is 31.4 Å². The quantitative estimate of drug-likeness (QED) is 0.639. The molecule has 0 fully saturated rings. The lowest BCUT2D eigenvalue weighted by molar-refractivity contribution is 0.357. The number of guanidine groups is 1. The smallest absolute Gasteiger partial charge is 0.191 e. The van der Waals surface area contributed by atoms with E-state index in [0.29, 0.717) is 6.04 Å². The molecule has 0 spiro atoms. The average Bonchev–Trinajstić information content (AvgIpc) is 2.93. The number of nitrogens with one attached hydrogen (secondary N) is 2. The van der Waals surface area contributed by atoms with Crippen molar-refractivity contribution < 1.29 is 4.74 Å². The lowest BCUT2D eigenvalue weighted by Crippen LogP contribution is -2.42. The van der Waals surface area contributed by atoms with Crippen LogP contribution in [-0.2, 0) is 12.8 Å². The zero-order valence-electron chi connectivity index (χ0n) is 12.7. The number of benzene rings is 1. The highest BCUT2D eigenvalue weighted by Gasteiger charge is 2.11. The molecule has 0 aliphatic carbocycles. The van der Waals surface area contributed by atoms with Crippen LogP contribution in [0.4, 0.5) is 0 Å². The molecular formula is C16H25N3O. The Morgan fingerprint density at radius 3 is 3.05 bits per heavy atom. The van der Waals surface area contributed by atoms with Crippen LogP contribution in [-0.4, -0.2) is 32.2 Å². The van der Waals surface area contributed by atoms with Gasteiger partial charge in [-0.3, -0.25) is 4.99 Å². The molecule has 0 saturated carbocycles. The molecule has 1 heterocycles. The van der Waals surface area contributed by atoms with Crippen LogP contribution < -0.4 is 15.4 Å². The normalized spacial score (nSPS) is 15.4. The molecular weight excluding hydrogens is 250 g/mol. The molecule has 0 amide bonds. The highest BCUT2D eigenvalue weighted by Crippen LogP contribution is 2.25. The van der Waals surface area contributed by atoms with E-state index in [2.05, 4.69) is 47.7 Å². The van der Waals surface area contributed by atoms with Gasteiger partial charge in [0.2, 0.25) is 0 Å². The van der Waals surface area contributed by atoms with Gasteiger partial charge in [-0.1, -0.05) is 19.1 Å². The van der Waals surface area contributed by atoms with Crippen LogP contribution in [0, 0.1) is 0 Å². The maximum absolute atomic E-state index is 5.52. The predicted octanol–water partition coefficient (Wildman–Crippen LogP) is 2.13. The van der Waals surface area contributed by atoms with E-state index in [1.54, 1.807) is 0 Å². The van der Waals surface area contributed by atoms with Crippen LogP contribution in [0.25, 0.3) is 0 Å². The molecule has 0 saturated heterocycles. The monoisotopic (exact) mass is 275 g/mol. The van der Waals surface area contributed by atoms with E-state index in [1.165, 1.54) is 11.1 Å². The van der Waals surface area contributed by atoms with Crippen molar-refractivity contribution in [2.24, 2.45) is 4.99 Å². The van der Waals surface area contributed by atoms with Crippen LogP contribution in [0.5, 0.6) is 5.75 Å². The van der Waals surface area contributed by atoms with E-state index in [0.717, 1.165) is 44.1 Å². The molecule has 0 bridgehead atoms. The summed E-state index contributed by atoms with van der Waals surface area (Å²) in [5, 5.41) is 6.72. The second kappa shape index (κ2) is 7.17. The predicted molar refractivity (Wildman–Crippen MR) is 83.6 cm³/mol. The number of hydrogen-bond donors (Lipinski definition) is 2. The van der Waals surface area contributed by atoms with Crippen LogP contribution in [0.15, 0.2) is 23.2 Å². The lowest BCUT2D eigenvalue weighted by atomic mass is 10.1. The molecule has 4 heteroatoms. The second-order valence-electron chi connectivity index (χ2n) is 5.24. The van der Waals surface area contributed by atoms with Crippen LogP contribution in [0.2, 0.25) is 0 Å². The Morgan fingerprint density at radius 1 is 1.45 bits per heavy atom. The minimum absolute atomic E-state index is 0.443. The van der Waals surface area contributed by atoms with Crippen LogP contribution >= 0.6 is 0 Å². The number of hydrogen-bond acceptors (Lipinski definition) is 2. The van der Waals surface area contributed by atoms with Gasteiger partial charge in [0, 0.05) is 26.1 Å². The van der Waals surface area contributed by atoms with Gasteiger partial charge >= 0.3 is 0 Å². The summed E-state index contributed by atoms with van der Waals surface area (Å²) in [7, 11) is 1.81. The minimum Gasteiger partial charge on any atom is -0.493 e. The lowest BCUT2D eigenvalue weighted by Gasteiger charge is -2.16. The van der Waals surface area contributed by atoms with Gasteiger partial charge in [0.15, 0.2) is 5.96 Å². The van der Waals surface area contributed by atoms with Crippen molar-refractivity contribution in [1.82, 2.24) is 10.6 Å². The van der Waals surface area contributed by atoms with E-state index < -0.39 is 0 Å². The third-order valence-corrected chi connectivity index (χ3v) is 3.68. The fraction of sp³-hybridized carbons (Fsp3) is 0.562. The van der Waals surface area contributed by atoms with Gasteiger partial charge in [-0.25, -0.2) is 0 Å². The molecule has 2 rings (SSSR count). The van der Waals surface area contributed by atoms with Crippen molar-refractivity contribution in [2.75, 3.05) is 20.2 Å². The van der Waals surface area contributed by atoms with Crippen molar-refractivity contribution in [3.8, 4) is 5.75 Å². The van der Waals surface area contributed by atoms with Gasteiger partial charge < -0.3 is 15.4 Å². The first-order chi connectivity index (χ1) is 9.72. The SMILES string of the molecule is CCC(C)NC(=NC)NCCc1ccc2c(c1)CCO2. The van der Waals surface area contributed by atoms with Crippen molar-refractivity contribution in [2.45, 2.75) is 39.2 Å². The topological polar surface area (TPSA) is 45.7 Å². The summed E-state index contributed by atoms with van der Waals surface area (Å²) in [5.74, 6) is 1.93. The largest absolute Gasteiger partial charge is 0.493 e. The molecule has 20 heavy (non-hydrogen) atoms. The van der Waals surface area contributed by atoms with Gasteiger partial charge in [0.1, 0.15) is 5.75 Å². The van der Waals surface area contributed by atoms with Gasteiger partial charge in [0.25, 0.3) is 0 Å². The summed E-state index contributed by atoms with van der Waals surface area (Å²) in [5.41, 5.74) is 2.69. The summed E-state index contributed by atoms with van der Waals surface area (Å²) in [6.07, 6.45) is 3.12. The number of aliphatic imine (C=N–C) groups is 1. The van der Waals surface area contributed by atoms with Crippen molar-refractivity contribution in [3.05, 3.63) is 29.3 Å². The maximum Gasteiger partial charge on any atom is 0.191 e. The summed E-state index contributed by atoms with van der Waals surface area (Å²) in [4.78, 5) is 4.24. The molecule has 110 valence electrons. The summed E-state index contributed by atoms with van der Waals surface area (Å²) < 4.78 is 5.52.